The topological polar surface area (TPSA) is 15.3 Å². The third-order valence-corrected chi connectivity index (χ3v) is 4.94. The molecule has 2 rings (SSSR count). The van der Waals surface area contributed by atoms with E-state index < -0.39 is 0 Å². The Morgan fingerprint density at radius 3 is 2.61 bits per heavy atom. The van der Waals surface area contributed by atoms with Gasteiger partial charge in [-0.2, -0.15) is 0 Å². The van der Waals surface area contributed by atoms with Crippen molar-refractivity contribution in [2.24, 2.45) is 11.8 Å². The van der Waals surface area contributed by atoms with E-state index in [0.29, 0.717) is 0 Å². The van der Waals surface area contributed by atoms with Gasteiger partial charge in [0.05, 0.1) is 0 Å². The summed E-state index contributed by atoms with van der Waals surface area (Å²) >= 11 is 0. The number of hydrogen-bond acceptors (Lipinski definition) is 2. The van der Waals surface area contributed by atoms with Gasteiger partial charge in [0.2, 0.25) is 0 Å². The number of nitrogens with zero attached hydrogens (tertiary/aromatic N) is 1. The van der Waals surface area contributed by atoms with Gasteiger partial charge >= 0.3 is 0 Å². The van der Waals surface area contributed by atoms with Crippen molar-refractivity contribution < 1.29 is 0 Å². The Labute approximate surface area is 114 Å². The molecular formula is C16H32N2. The lowest BCUT2D eigenvalue weighted by Crippen LogP contribution is -2.46. The van der Waals surface area contributed by atoms with Gasteiger partial charge in [-0.05, 0) is 63.6 Å². The molecule has 0 spiro atoms. The number of piperidine rings is 1. The average Bonchev–Trinajstić information content (AvgIpc) is 2.40. The minimum absolute atomic E-state index is 0.876. The zero-order valence-corrected chi connectivity index (χ0v) is 12.5. The zero-order valence-electron chi connectivity index (χ0n) is 12.5. The molecule has 2 fully saturated rings. The van der Waals surface area contributed by atoms with Gasteiger partial charge in [-0.25, -0.2) is 0 Å². The predicted octanol–water partition coefficient (Wildman–Crippen LogP) is 3.28. The highest BCUT2D eigenvalue weighted by Gasteiger charge is 2.28. The van der Waals surface area contributed by atoms with E-state index in [2.05, 4.69) is 24.1 Å². The largest absolute Gasteiger partial charge is 0.316 e. The SMILES string of the molecule is CCCN(CC1CCCNC1)C1CCCCC1C. The Morgan fingerprint density at radius 1 is 1.11 bits per heavy atom. The van der Waals surface area contributed by atoms with Crippen LogP contribution in [0.3, 0.4) is 0 Å². The van der Waals surface area contributed by atoms with Gasteiger partial charge in [0.1, 0.15) is 0 Å². The van der Waals surface area contributed by atoms with Crippen molar-refractivity contribution >= 4 is 0 Å². The lowest BCUT2D eigenvalue weighted by Gasteiger charge is -2.41. The molecule has 3 unspecified atom stereocenters. The van der Waals surface area contributed by atoms with E-state index in [1.165, 1.54) is 71.1 Å². The normalized spacial score (nSPS) is 33.8. The molecule has 1 saturated carbocycles. The number of hydrogen-bond donors (Lipinski definition) is 1. The Morgan fingerprint density at radius 2 is 1.94 bits per heavy atom. The summed E-state index contributed by atoms with van der Waals surface area (Å²) in [6.45, 7) is 9.96. The third-order valence-electron chi connectivity index (χ3n) is 4.94. The molecule has 0 radical (unpaired) electrons. The summed E-state index contributed by atoms with van der Waals surface area (Å²) in [6.07, 6.45) is 9.94. The zero-order chi connectivity index (χ0) is 12.8. The van der Waals surface area contributed by atoms with Crippen LogP contribution in [0.4, 0.5) is 0 Å². The van der Waals surface area contributed by atoms with Gasteiger partial charge in [0, 0.05) is 12.6 Å². The van der Waals surface area contributed by atoms with Crippen molar-refractivity contribution in [1.29, 1.82) is 0 Å². The van der Waals surface area contributed by atoms with E-state index in [4.69, 9.17) is 0 Å². The highest BCUT2D eigenvalue weighted by atomic mass is 15.2. The second-order valence-electron chi connectivity index (χ2n) is 6.54. The van der Waals surface area contributed by atoms with Crippen molar-refractivity contribution in [3.05, 3.63) is 0 Å². The van der Waals surface area contributed by atoms with Crippen LogP contribution < -0.4 is 5.32 Å². The monoisotopic (exact) mass is 252 g/mol. The third kappa shape index (κ3) is 3.96. The fraction of sp³-hybridized carbons (Fsp3) is 1.00. The maximum Gasteiger partial charge on any atom is 0.0121 e. The van der Waals surface area contributed by atoms with E-state index in [-0.39, 0.29) is 0 Å². The van der Waals surface area contributed by atoms with Crippen LogP contribution in [0.5, 0.6) is 0 Å². The number of nitrogens with one attached hydrogen (secondary N) is 1. The Kier molecular flexibility index (Phi) is 5.97. The summed E-state index contributed by atoms with van der Waals surface area (Å²) in [7, 11) is 0. The van der Waals surface area contributed by atoms with Crippen molar-refractivity contribution in [2.45, 2.75) is 64.8 Å². The van der Waals surface area contributed by atoms with Gasteiger partial charge in [0.25, 0.3) is 0 Å². The Hall–Kier alpha value is -0.0800. The van der Waals surface area contributed by atoms with Crippen LogP contribution >= 0.6 is 0 Å². The lowest BCUT2D eigenvalue weighted by atomic mass is 9.84. The first-order valence-electron chi connectivity index (χ1n) is 8.26. The summed E-state index contributed by atoms with van der Waals surface area (Å²) in [4.78, 5) is 2.83. The van der Waals surface area contributed by atoms with E-state index in [9.17, 15) is 0 Å². The summed E-state index contributed by atoms with van der Waals surface area (Å²) < 4.78 is 0. The van der Waals surface area contributed by atoms with Gasteiger partial charge in [-0.15, -0.1) is 0 Å². The molecule has 0 aromatic carbocycles. The summed E-state index contributed by atoms with van der Waals surface area (Å²) in [6, 6.07) is 0.876. The first-order chi connectivity index (χ1) is 8.81. The molecule has 2 heteroatoms. The van der Waals surface area contributed by atoms with Crippen LogP contribution in [0.25, 0.3) is 0 Å². The summed E-state index contributed by atoms with van der Waals surface area (Å²) in [5, 5.41) is 3.57. The fourth-order valence-corrected chi connectivity index (χ4v) is 3.93. The van der Waals surface area contributed by atoms with Crippen molar-refractivity contribution in [3.63, 3.8) is 0 Å². The lowest BCUT2D eigenvalue weighted by molar-refractivity contribution is 0.0888. The van der Waals surface area contributed by atoms with E-state index in [1.54, 1.807) is 0 Å². The first kappa shape index (κ1) is 14.3. The van der Waals surface area contributed by atoms with Crippen LogP contribution in [-0.4, -0.2) is 37.1 Å². The smallest absolute Gasteiger partial charge is 0.0121 e. The average molecular weight is 252 g/mol. The molecule has 3 atom stereocenters. The van der Waals surface area contributed by atoms with E-state index >= 15 is 0 Å². The van der Waals surface area contributed by atoms with Crippen molar-refractivity contribution in [2.75, 3.05) is 26.2 Å². The molecule has 18 heavy (non-hydrogen) atoms. The maximum absolute atomic E-state index is 3.57. The van der Waals surface area contributed by atoms with Crippen LogP contribution in [0.1, 0.15) is 58.8 Å². The second kappa shape index (κ2) is 7.49. The van der Waals surface area contributed by atoms with Gasteiger partial charge in [-0.1, -0.05) is 26.7 Å². The van der Waals surface area contributed by atoms with Gasteiger partial charge in [0.15, 0.2) is 0 Å². The molecule has 1 aliphatic carbocycles. The fourth-order valence-electron chi connectivity index (χ4n) is 3.93. The molecule has 106 valence electrons. The molecule has 0 aromatic rings. The molecule has 0 bridgehead atoms. The molecule has 2 aliphatic rings. The van der Waals surface area contributed by atoms with E-state index in [1.807, 2.05) is 0 Å². The molecule has 0 amide bonds. The minimum Gasteiger partial charge on any atom is -0.316 e. The van der Waals surface area contributed by atoms with Crippen LogP contribution in [0.2, 0.25) is 0 Å². The van der Waals surface area contributed by atoms with Crippen LogP contribution in [0, 0.1) is 11.8 Å². The minimum atomic E-state index is 0.876. The molecule has 2 nitrogen and oxygen atoms in total. The quantitative estimate of drug-likeness (QED) is 0.808. The molecule has 1 N–H and O–H groups in total. The molecule has 1 aliphatic heterocycles. The summed E-state index contributed by atoms with van der Waals surface area (Å²) in [5.41, 5.74) is 0. The van der Waals surface area contributed by atoms with Crippen LogP contribution in [-0.2, 0) is 0 Å². The summed E-state index contributed by atoms with van der Waals surface area (Å²) in [5.74, 6) is 1.82. The Bertz CT molecular complexity index is 223. The van der Waals surface area contributed by atoms with Crippen molar-refractivity contribution in [1.82, 2.24) is 10.2 Å². The van der Waals surface area contributed by atoms with E-state index in [0.717, 1.165) is 17.9 Å². The maximum atomic E-state index is 3.57. The highest BCUT2D eigenvalue weighted by Crippen LogP contribution is 2.29. The van der Waals surface area contributed by atoms with Crippen molar-refractivity contribution in [3.8, 4) is 0 Å². The second-order valence-corrected chi connectivity index (χ2v) is 6.54. The molecule has 1 heterocycles. The van der Waals surface area contributed by atoms with Crippen LogP contribution in [0.15, 0.2) is 0 Å². The number of rotatable bonds is 5. The molecule has 0 aromatic heterocycles. The predicted molar refractivity (Wildman–Crippen MR) is 78.9 cm³/mol. The molecular weight excluding hydrogens is 220 g/mol. The first-order valence-corrected chi connectivity index (χ1v) is 8.26. The molecule has 1 saturated heterocycles. The Balaban J connectivity index is 1.88. The van der Waals surface area contributed by atoms with Gasteiger partial charge < -0.3 is 5.32 Å². The standard InChI is InChI=1S/C16H32N2/c1-3-11-18(13-15-8-6-10-17-12-15)16-9-5-4-7-14(16)2/h14-17H,3-13H2,1-2H3. The van der Waals surface area contributed by atoms with Gasteiger partial charge in [-0.3, -0.25) is 4.90 Å². The highest BCUT2D eigenvalue weighted by molar-refractivity contribution is 4.83.